The first-order valence-electron chi connectivity index (χ1n) is 7.33. The van der Waals surface area contributed by atoms with Crippen LogP contribution in [0, 0.1) is 10.1 Å². The summed E-state index contributed by atoms with van der Waals surface area (Å²) < 4.78 is 4.51. The highest BCUT2D eigenvalue weighted by Gasteiger charge is 2.15. The second kappa shape index (κ2) is 5.38. The van der Waals surface area contributed by atoms with Gasteiger partial charge in [-0.2, -0.15) is 9.78 Å². The van der Waals surface area contributed by atoms with Crippen molar-refractivity contribution in [1.82, 2.24) is 44.1 Å². The SMILES string of the molecule is O=[N+]([O-])c1ncn(Cn2ccc(-c3nc4c5ccsc5ncn4n3)n2)n1. The van der Waals surface area contributed by atoms with Gasteiger partial charge in [-0.05, 0) is 22.4 Å². The Labute approximate surface area is 147 Å². The largest absolute Gasteiger partial charge is 0.491 e. The zero-order chi connectivity index (χ0) is 17.7. The summed E-state index contributed by atoms with van der Waals surface area (Å²) in [6, 6.07) is 3.72. The Bertz CT molecular complexity index is 1260. The minimum atomic E-state index is -0.648. The molecule has 0 aliphatic rings. The van der Waals surface area contributed by atoms with Gasteiger partial charge in [-0.1, -0.05) is 4.98 Å². The van der Waals surface area contributed by atoms with Gasteiger partial charge in [0.15, 0.2) is 12.3 Å². The molecule has 0 amide bonds. The van der Waals surface area contributed by atoms with Gasteiger partial charge in [-0.3, -0.25) is 0 Å². The summed E-state index contributed by atoms with van der Waals surface area (Å²) in [6.07, 6.45) is 4.62. The van der Waals surface area contributed by atoms with E-state index in [4.69, 9.17) is 0 Å². The van der Waals surface area contributed by atoms with Crippen LogP contribution < -0.4 is 0 Å². The lowest BCUT2D eigenvalue weighted by molar-refractivity contribution is -0.394. The molecule has 0 aliphatic heterocycles. The van der Waals surface area contributed by atoms with E-state index >= 15 is 0 Å². The number of thiophene rings is 1. The van der Waals surface area contributed by atoms with Crippen molar-refractivity contribution in [2.45, 2.75) is 6.67 Å². The molecule has 5 heterocycles. The summed E-state index contributed by atoms with van der Waals surface area (Å²) >= 11 is 1.54. The number of nitrogens with zero attached hydrogens (tertiary/aromatic N) is 10. The third kappa shape index (κ3) is 2.29. The Hall–Kier alpha value is -3.74. The van der Waals surface area contributed by atoms with Crippen LogP contribution in [0.4, 0.5) is 5.95 Å². The fourth-order valence-corrected chi connectivity index (χ4v) is 3.25. The molecule has 128 valence electrons. The van der Waals surface area contributed by atoms with Crippen molar-refractivity contribution in [1.29, 1.82) is 0 Å². The van der Waals surface area contributed by atoms with Crippen LogP contribution in [0.1, 0.15) is 0 Å². The van der Waals surface area contributed by atoms with Gasteiger partial charge >= 0.3 is 5.95 Å². The van der Waals surface area contributed by atoms with Crippen molar-refractivity contribution in [2.75, 3.05) is 0 Å². The molecule has 12 nitrogen and oxygen atoms in total. The van der Waals surface area contributed by atoms with Crippen LogP contribution in [0.3, 0.4) is 0 Å². The third-order valence-corrected chi connectivity index (χ3v) is 4.47. The van der Waals surface area contributed by atoms with Crippen molar-refractivity contribution in [2.24, 2.45) is 0 Å². The Morgan fingerprint density at radius 2 is 2.04 bits per heavy atom. The lowest BCUT2D eigenvalue weighted by atomic mass is 10.4. The number of rotatable bonds is 4. The van der Waals surface area contributed by atoms with E-state index in [2.05, 4.69) is 30.2 Å². The fraction of sp³-hybridized carbons (Fsp3) is 0.0769. The summed E-state index contributed by atoms with van der Waals surface area (Å²) in [5.74, 6) is 0.0143. The van der Waals surface area contributed by atoms with Gasteiger partial charge < -0.3 is 10.1 Å². The van der Waals surface area contributed by atoms with Gasteiger partial charge in [-0.25, -0.2) is 19.2 Å². The first kappa shape index (κ1) is 14.6. The van der Waals surface area contributed by atoms with Crippen LogP contribution in [0.25, 0.3) is 27.4 Å². The van der Waals surface area contributed by atoms with Crippen LogP contribution in [0.5, 0.6) is 0 Å². The lowest BCUT2D eigenvalue weighted by Gasteiger charge is -1.96. The Kier molecular flexibility index (Phi) is 3.02. The average molecular weight is 368 g/mol. The van der Waals surface area contributed by atoms with E-state index in [0.717, 1.165) is 10.2 Å². The molecule has 0 saturated heterocycles. The minimum absolute atomic E-state index is 0.185. The van der Waals surface area contributed by atoms with Crippen molar-refractivity contribution in [3.8, 4) is 11.5 Å². The second-order valence-electron chi connectivity index (χ2n) is 5.31. The highest BCUT2D eigenvalue weighted by atomic mass is 32.1. The minimum Gasteiger partial charge on any atom is -0.390 e. The van der Waals surface area contributed by atoms with E-state index < -0.39 is 10.9 Å². The topological polar surface area (TPSA) is 135 Å². The van der Waals surface area contributed by atoms with Gasteiger partial charge in [0.25, 0.3) is 0 Å². The van der Waals surface area contributed by atoms with E-state index in [9.17, 15) is 10.1 Å². The van der Waals surface area contributed by atoms with Gasteiger partial charge in [-0.15, -0.1) is 16.4 Å². The molecule has 5 aromatic rings. The number of nitro groups is 1. The normalized spacial score (nSPS) is 11.5. The van der Waals surface area contributed by atoms with E-state index in [0.29, 0.717) is 17.2 Å². The Balaban J connectivity index is 1.47. The molecule has 0 radical (unpaired) electrons. The number of aromatic nitrogens is 9. The van der Waals surface area contributed by atoms with Crippen molar-refractivity contribution in [3.05, 3.63) is 46.5 Å². The maximum Gasteiger partial charge on any atom is 0.491 e. The molecule has 5 rings (SSSR count). The molecule has 0 fully saturated rings. The van der Waals surface area contributed by atoms with Crippen LogP contribution in [0.15, 0.2) is 36.4 Å². The van der Waals surface area contributed by atoms with Crippen LogP contribution in [-0.4, -0.2) is 49.1 Å². The third-order valence-electron chi connectivity index (χ3n) is 3.65. The predicted octanol–water partition coefficient (Wildman–Crippen LogP) is 1.21. The van der Waals surface area contributed by atoms with Gasteiger partial charge in [0.2, 0.25) is 12.2 Å². The van der Waals surface area contributed by atoms with Gasteiger partial charge in [0.1, 0.15) is 16.9 Å². The van der Waals surface area contributed by atoms with Crippen LogP contribution >= 0.6 is 11.3 Å². The van der Waals surface area contributed by atoms with Crippen molar-refractivity contribution < 1.29 is 4.92 Å². The molecule has 0 bridgehead atoms. The molecule has 0 atom stereocenters. The molecule has 26 heavy (non-hydrogen) atoms. The predicted molar refractivity (Wildman–Crippen MR) is 89.5 cm³/mol. The average Bonchev–Trinajstić information content (AvgIpc) is 3.39. The summed E-state index contributed by atoms with van der Waals surface area (Å²) in [5, 5.41) is 26.1. The second-order valence-corrected chi connectivity index (χ2v) is 6.21. The molecule has 0 unspecified atom stereocenters. The molecule has 5 aromatic heterocycles. The molecular weight excluding hydrogens is 360 g/mol. The quantitative estimate of drug-likeness (QED) is 0.341. The van der Waals surface area contributed by atoms with Gasteiger partial charge in [0, 0.05) is 11.3 Å². The first-order chi connectivity index (χ1) is 12.7. The molecule has 0 saturated carbocycles. The molecule has 0 aromatic carbocycles. The standard InChI is InChI=1S/C13H8N10O2S/c24-23(25)13-15-5-21(19-13)7-20-3-1-9(17-20)10-16-11-8-2-4-26-12(8)14-6-22(11)18-10/h1-6H,7H2. The molecule has 13 heteroatoms. The zero-order valence-electron chi connectivity index (χ0n) is 12.9. The maximum absolute atomic E-state index is 10.6. The fourth-order valence-electron chi connectivity index (χ4n) is 2.52. The maximum atomic E-state index is 10.6. The van der Waals surface area contributed by atoms with E-state index in [1.165, 1.54) is 11.0 Å². The highest BCUT2D eigenvalue weighted by molar-refractivity contribution is 7.16. The van der Waals surface area contributed by atoms with E-state index in [-0.39, 0.29) is 6.67 Å². The number of fused-ring (bicyclic) bond motifs is 3. The summed E-state index contributed by atoms with van der Waals surface area (Å²) in [5.41, 5.74) is 1.29. The van der Waals surface area contributed by atoms with E-state index in [1.807, 2.05) is 11.4 Å². The van der Waals surface area contributed by atoms with Crippen molar-refractivity contribution in [3.63, 3.8) is 0 Å². The van der Waals surface area contributed by atoms with Crippen molar-refractivity contribution >= 4 is 33.1 Å². The summed E-state index contributed by atoms with van der Waals surface area (Å²) in [4.78, 5) is 23.4. The zero-order valence-corrected chi connectivity index (χ0v) is 13.7. The summed E-state index contributed by atoms with van der Waals surface area (Å²) in [6.45, 7) is 0.185. The number of hydrogen-bond acceptors (Lipinski definition) is 9. The lowest BCUT2D eigenvalue weighted by Crippen LogP contribution is -2.09. The first-order valence-corrected chi connectivity index (χ1v) is 8.21. The van der Waals surface area contributed by atoms with E-state index in [1.54, 1.807) is 39.1 Å². The van der Waals surface area contributed by atoms with Crippen LogP contribution in [-0.2, 0) is 6.67 Å². The Morgan fingerprint density at radius 3 is 2.88 bits per heavy atom. The highest BCUT2D eigenvalue weighted by Crippen LogP contribution is 2.23. The molecule has 0 N–H and O–H groups in total. The number of hydrogen-bond donors (Lipinski definition) is 0. The monoisotopic (exact) mass is 368 g/mol. The van der Waals surface area contributed by atoms with Crippen LogP contribution in [0.2, 0.25) is 0 Å². The molecule has 0 aliphatic carbocycles. The molecular formula is C13H8N10O2S. The Morgan fingerprint density at radius 1 is 1.12 bits per heavy atom. The van der Waals surface area contributed by atoms with Gasteiger partial charge in [0.05, 0.1) is 5.39 Å². The summed E-state index contributed by atoms with van der Waals surface area (Å²) in [7, 11) is 0. The molecule has 0 spiro atoms. The smallest absolute Gasteiger partial charge is 0.390 e.